The van der Waals surface area contributed by atoms with E-state index in [1.54, 1.807) is 21.3 Å². The van der Waals surface area contributed by atoms with Crippen LogP contribution in [0.25, 0.3) is 0 Å². The summed E-state index contributed by atoms with van der Waals surface area (Å²) in [5.41, 5.74) is 5.05. The van der Waals surface area contributed by atoms with Gasteiger partial charge in [0.05, 0.1) is 39.3 Å². The molecule has 0 aromatic heterocycles. The molecular formula is C51H66N2O9. The van der Waals surface area contributed by atoms with Gasteiger partial charge in [-0.05, 0) is 99.5 Å². The first-order valence-corrected chi connectivity index (χ1v) is 21.6. The minimum absolute atomic E-state index is 0.102. The zero-order valence-corrected chi connectivity index (χ0v) is 37.6. The summed E-state index contributed by atoms with van der Waals surface area (Å²) < 4.78 is 20.1. The van der Waals surface area contributed by atoms with Gasteiger partial charge in [0, 0.05) is 6.42 Å². The number of carbonyl (C=O) groups excluding carboxylic acids is 3. The minimum atomic E-state index is -0.720. The summed E-state index contributed by atoms with van der Waals surface area (Å²) in [6, 6.07) is 30.3. The van der Waals surface area contributed by atoms with Crippen LogP contribution < -0.4 is 20.1 Å². The van der Waals surface area contributed by atoms with E-state index in [9.17, 15) is 24.3 Å². The van der Waals surface area contributed by atoms with Gasteiger partial charge in [0.25, 0.3) is 0 Å². The van der Waals surface area contributed by atoms with Crippen LogP contribution in [-0.4, -0.2) is 76.5 Å². The van der Waals surface area contributed by atoms with Gasteiger partial charge in [0.2, 0.25) is 5.91 Å². The second kappa shape index (κ2) is 24.1. The van der Waals surface area contributed by atoms with E-state index in [2.05, 4.69) is 10.6 Å². The molecule has 2 unspecified atom stereocenters. The van der Waals surface area contributed by atoms with Crippen molar-refractivity contribution in [3.8, 4) is 11.5 Å². The number of amides is 1. The summed E-state index contributed by atoms with van der Waals surface area (Å²) in [6.45, 7) is 4.06. The number of hydrogen-bond donors (Lipinski definition) is 3. The molecule has 0 bridgehead atoms. The smallest absolute Gasteiger partial charge is 0.328 e. The molecule has 6 rings (SSSR count). The van der Waals surface area contributed by atoms with Crippen molar-refractivity contribution in [1.29, 1.82) is 0 Å². The Kier molecular flexibility index (Phi) is 19.0. The van der Waals surface area contributed by atoms with Crippen molar-refractivity contribution in [2.75, 3.05) is 35.5 Å². The molecule has 0 heterocycles. The highest BCUT2D eigenvalue weighted by Gasteiger charge is 2.43. The van der Waals surface area contributed by atoms with Crippen LogP contribution in [-0.2, 0) is 52.3 Å². The summed E-state index contributed by atoms with van der Waals surface area (Å²) in [4.78, 5) is 49.0. The number of likely N-dealkylation sites (N-methyl/N-ethyl adjacent to an activating group) is 1. The third-order valence-corrected chi connectivity index (χ3v) is 12.3. The van der Waals surface area contributed by atoms with Crippen molar-refractivity contribution >= 4 is 23.8 Å². The average Bonchev–Trinajstić information content (AvgIpc) is 3.32. The number of ether oxygens (including phenoxy) is 4. The number of carbonyl (C=O) groups is 4. The second-order valence-corrected chi connectivity index (χ2v) is 16.3. The topological polar surface area (TPSA) is 149 Å². The first-order valence-electron chi connectivity index (χ1n) is 21.6. The highest BCUT2D eigenvalue weighted by molar-refractivity contribution is 5.92. The van der Waals surface area contributed by atoms with Crippen LogP contribution in [0, 0.1) is 13.8 Å². The number of nitrogens with one attached hydrogen (secondary N) is 2. The molecule has 0 spiro atoms. The normalized spacial score (nSPS) is 16.0. The zero-order valence-electron chi connectivity index (χ0n) is 37.6. The van der Waals surface area contributed by atoms with Gasteiger partial charge in [-0.1, -0.05) is 122 Å². The van der Waals surface area contributed by atoms with Crippen LogP contribution in [0.5, 0.6) is 11.5 Å². The van der Waals surface area contributed by atoms with Gasteiger partial charge in [-0.2, -0.15) is 0 Å². The van der Waals surface area contributed by atoms with E-state index >= 15 is 0 Å². The number of hydrogen-bond acceptors (Lipinski definition) is 9. The Balaban J connectivity index is 0.000000223. The van der Waals surface area contributed by atoms with Crippen LogP contribution >= 0.6 is 0 Å². The molecule has 334 valence electrons. The maximum atomic E-state index is 13.6. The molecule has 0 saturated heterocycles. The summed E-state index contributed by atoms with van der Waals surface area (Å²) in [6.07, 6.45) is 10.3. The van der Waals surface area contributed by atoms with Crippen molar-refractivity contribution in [1.82, 2.24) is 10.6 Å². The van der Waals surface area contributed by atoms with E-state index in [-0.39, 0.29) is 17.9 Å². The van der Waals surface area contributed by atoms with E-state index < -0.39 is 28.8 Å². The maximum absolute atomic E-state index is 13.6. The Morgan fingerprint density at radius 2 is 0.919 bits per heavy atom. The Morgan fingerprint density at radius 1 is 0.548 bits per heavy atom. The lowest BCUT2D eigenvalue weighted by Gasteiger charge is -2.37. The van der Waals surface area contributed by atoms with Crippen molar-refractivity contribution in [2.45, 2.75) is 114 Å². The number of aryl methyl sites for hydroxylation is 2. The molecule has 0 aliphatic heterocycles. The highest BCUT2D eigenvalue weighted by atomic mass is 16.5. The maximum Gasteiger partial charge on any atom is 0.328 e. The van der Waals surface area contributed by atoms with Crippen LogP contribution in [0.15, 0.2) is 97.1 Å². The molecule has 62 heavy (non-hydrogen) atoms. The minimum Gasteiger partial charge on any atom is -0.497 e. The molecule has 4 aromatic carbocycles. The molecule has 0 radical (unpaired) electrons. The zero-order chi connectivity index (χ0) is 45.1. The van der Waals surface area contributed by atoms with Crippen LogP contribution in [0.2, 0.25) is 0 Å². The van der Waals surface area contributed by atoms with Crippen LogP contribution in [0.3, 0.4) is 0 Å². The molecule has 4 aromatic rings. The SMILES string of the molecule is CNC(Cc1ccc(C)cc1)C(=O)OC.COC(=O)C(Cc1ccc(C)cc1)NC(=O)C1(c2ccc(OC)cc2)CCCCC1.COc1ccc(C2(C(=O)O)CCCCC2)cc1. The summed E-state index contributed by atoms with van der Waals surface area (Å²) in [5, 5.41) is 15.5. The molecule has 2 fully saturated rings. The van der Waals surface area contributed by atoms with Crippen LogP contribution in [0.1, 0.15) is 97.6 Å². The number of esters is 2. The highest BCUT2D eigenvalue weighted by Crippen LogP contribution is 2.41. The quantitative estimate of drug-likeness (QED) is 0.106. The fourth-order valence-electron chi connectivity index (χ4n) is 8.40. The molecule has 2 aliphatic carbocycles. The van der Waals surface area contributed by atoms with E-state index in [0.29, 0.717) is 12.8 Å². The molecule has 2 saturated carbocycles. The van der Waals surface area contributed by atoms with Crippen molar-refractivity contribution in [3.63, 3.8) is 0 Å². The van der Waals surface area contributed by atoms with Gasteiger partial charge >= 0.3 is 17.9 Å². The lowest BCUT2D eigenvalue weighted by Crippen LogP contribution is -2.52. The Morgan fingerprint density at radius 3 is 1.29 bits per heavy atom. The number of carboxylic acid groups (broad SMARTS) is 1. The van der Waals surface area contributed by atoms with Gasteiger partial charge in [0.1, 0.15) is 23.6 Å². The second-order valence-electron chi connectivity index (χ2n) is 16.3. The lowest BCUT2D eigenvalue weighted by molar-refractivity contribution is -0.146. The number of carboxylic acids is 1. The molecule has 2 aliphatic rings. The predicted molar refractivity (Wildman–Crippen MR) is 242 cm³/mol. The van der Waals surface area contributed by atoms with E-state index in [1.807, 2.05) is 111 Å². The lowest BCUT2D eigenvalue weighted by atomic mass is 9.68. The molecule has 2 atom stereocenters. The van der Waals surface area contributed by atoms with Crippen molar-refractivity contribution in [3.05, 3.63) is 130 Å². The fraction of sp³-hybridized carbons (Fsp3) is 0.451. The Bertz CT molecular complexity index is 2000. The van der Waals surface area contributed by atoms with Gasteiger partial charge in [-0.15, -0.1) is 0 Å². The molecule has 1 amide bonds. The number of methoxy groups -OCH3 is 4. The van der Waals surface area contributed by atoms with E-state index in [0.717, 1.165) is 104 Å². The van der Waals surface area contributed by atoms with Gasteiger partial charge in [-0.25, -0.2) is 4.79 Å². The van der Waals surface area contributed by atoms with Gasteiger partial charge in [-0.3, -0.25) is 14.4 Å². The molecule has 11 heteroatoms. The molecular weight excluding hydrogens is 785 g/mol. The standard InChI is InChI=1S/C25H31NO4.C14H18O3.C12H17NO2/c1-18-7-9-19(10-8-18)17-22(23(27)30-3)26-24(28)25(15-5-4-6-16-25)20-11-13-21(29-2)14-12-20;1-17-12-7-5-11(6-8-12)14(13(15)16)9-3-2-4-10-14;1-9-4-6-10(7-5-9)8-11(13-2)12(14)15-3/h7-14,22H,4-6,15-17H2,1-3H3,(H,26,28);5-8H,2-4,9-10H2,1H3,(H,15,16);4-7,11,13H,8H2,1-3H3. The van der Waals surface area contributed by atoms with Gasteiger partial charge < -0.3 is 34.7 Å². The number of rotatable bonds is 14. The van der Waals surface area contributed by atoms with E-state index in [1.165, 1.54) is 19.8 Å². The summed E-state index contributed by atoms with van der Waals surface area (Å²) in [5.74, 6) is 0.0851. The molecule has 3 N–H and O–H groups in total. The predicted octanol–water partition coefficient (Wildman–Crippen LogP) is 8.39. The summed E-state index contributed by atoms with van der Waals surface area (Å²) >= 11 is 0. The van der Waals surface area contributed by atoms with Crippen molar-refractivity contribution < 1.29 is 43.2 Å². The average molecular weight is 851 g/mol. The first kappa shape index (κ1) is 49.0. The first-order chi connectivity index (χ1) is 29.8. The van der Waals surface area contributed by atoms with E-state index in [4.69, 9.17) is 18.9 Å². The van der Waals surface area contributed by atoms with Crippen molar-refractivity contribution in [2.24, 2.45) is 0 Å². The number of aliphatic carboxylic acids is 1. The van der Waals surface area contributed by atoms with Gasteiger partial charge in [0.15, 0.2) is 0 Å². The fourth-order valence-corrected chi connectivity index (χ4v) is 8.40. The monoisotopic (exact) mass is 850 g/mol. The number of benzene rings is 4. The summed E-state index contributed by atoms with van der Waals surface area (Å²) in [7, 11) is 7.76. The molecule has 11 nitrogen and oxygen atoms in total. The Labute approximate surface area is 367 Å². The third-order valence-electron chi connectivity index (χ3n) is 12.3. The van der Waals surface area contributed by atoms with Crippen LogP contribution in [0.4, 0.5) is 0 Å². The largest absolute Gasteiger partial charge is 0.497 e. The third kappa shape index (κ3) is 13.2. The Hall–Kier alpha value is -5.68.